The van der Waals surface area contributed by atoms with Gasteiger partial charge in [-0.1, -0.05) is 30.3 Å². The van der Waals surface area contributed by atoms with Gasteiger partial charge in [-0.05, 0) is 24.5 Å². The van der Waals surface area contributed by atoms with E-state index in [1.807, 2.05) is 35.2 Å². The molecule has 1 spiro atoms. The maximum atomic E-state index is 12.8. The molecule has 0 radical (unpaired) electrons. The highest BCUT2D eigenvalue weighted by molar-refractivity contribution is 5.92. The molecule has 2 atom stereocenters. The average molecular weight is 382 g/mol. The Hall–Kier alpha value is -2.44. The summed E-state index contributed by atoms with van der Waals surface area (Å²) in [6, 6.07) is 13.5. The molecular weight excluding hydrogens is 356 g/mol. The average Bonchev–Trinajstić information content (AvgIpc) is 2.74. The van der Waals surface area contributed by atoms with Crippen LogP contribution in [0.5, 0.6) is 5.75 Å². The summed E-state index contributed by atoms with van der Waals surface area (Å²) < 4.78 is 11.7. The van der Waals surface area contributed by atoms with E-state index in [0.29, 0.717) is 50.2 Å². The molecule has 0 bridgehead atoms. The lowest BCUT2D eigenvalue weighted by molar-refractivity contribution is -0.181. The minimum absolute atomic E-state index is 0.0929. The van der Waals surface area contributed by atoms with Crippen molar-refractivity contribution in [2.24, 2.45) is 0 Å². The first-order valence-electron chi connectivity index (χ1n) is 9.79. The van der Waals surface area contributed by atoms with E-state index in [1.54, 1.807) is 25.4 Å². The zero-order valence-electron chi connectivity index (χ0n) is 16.1. The molecule has 1 aromatic heterocycles. The van der Waals surface area contributed by atoms with Crippen molar-refractivity contribution in [3.63, 3.8) is 0 Å². The number of aliphatic hydroxyl groups is 1. The van der Waals surface area contributed by atoms with Crippen LogP contribution in [0.1, 0.15) is 47.8 Å². The molecule has 2 aliphatic heterocycles. The number of pyridine rings is 1. The fourth-order valence-corrected chi connectivity index (χ4v) is 4.29. The first-order chi connectivity index (χ1) is 13.6. The van der Waals surface area contributed by atoms with Crippen LogP contribution in [-0.4, -0.2) is 52.8 Å². The van der Waals surface area contributed by atoms with Crippen molar-refractivity contribution < 1.29 is 19.4 Å². The van der Waals surface area contributed by atoms with E-state index in [0.717, 1.165) is 5.56 Å². The third-order valence-electron chi connectivity index (χ3n) is 5.81. The van der Waals surface area contributed by atoms with Crippen LogP contribution < -0.4 is 4.74 Å². The predicted molar refractivity (Wildman–Crippen MR) is 104 cm³/mol. The first-order valence-corrected chi connectivity index (χ1v) is 9.79. The predicted octanol–water partition coefficient (Wildman–Crippen LogP) is 2.98. The van der Waals surface area contributed by atoms with Gasteiger partial charge in [0.25, 0.3) is 5.91 Å². The first kappa shape index (κ1) is 18.9. The summed E-state index contributed by atoms with van der Waals surface area (Å²) in [4.78, 5) is 18.8. The topological polar surface area (TPSA) is 71.9 Å². The number of hydrogen-bond donors (Lipinski definition) is 1. The van der Waals surface area contributed by atoms with E-state index < -0.39 is 0 Å². The molecule has 2 fully saturated rings. The molecule has 28 heavy (non-hydrogen) atoms. The Bertz CT molecular complexity index is 818. The van der Waals surface area contributed by atoms with Crippen molar-refractivity contribution in [1.82, 2.24) is 9.88 Å². The molecule has 0 saturated carbocycles. The number of ether oxygens (including phenoxy) is 2. The number of methoxy groups -OCH3 is 1. The number of aromatic nitrogens is 1. The van der Waals surface area contributed by atoms with Gasteiger partial charge in [0.05, 0.1) is 24.9 Å². The third kappa shape index (κ3) is 3.88. The van der Waals surface area contributed by atoms with E-state index >= 15 is 0 Å². The van der Waals surface area contributed by atoms with Gasteiger partial charge in [-0.15, -0.1) is 0 Å². The van der Waals surface area contributed by atoms with E-state index in [9.17, 15) is 9.90 Å². The standard InChI is InChI=1S/C22H26N2O4/c1-27-18-7-10-23-19(14-18)21(26)24-11-8-22(9-12-24)15-17(25)13-20(28-22)16-5-3-2-4-6-16/h2-7,10,14,17,20,25H,8-9,11-13,15H2,1H3/t17-,20+/m0/s1. The number of piperidine rings is 1. The molecule has 2 aliphatic rings. The van der Waals surface area contributed by atoms with Gasteiger partial charge in [0, 0.05) is 38.2 Å². The second kappa shape index (κ2) is 7.89. The van der Waals surface area contributed by atoms with Crippen LogP contribution in [0.2, 0.25) is 0 Å². The molecule has 6 nitrogen and oxygen atoms in total. The number of rotatable bonds is 3. The summed E-state index contributed by atoms with van der Waals surface area (Å²) in [6.45, 7) is 1.18. The molecular formula is C22H26N2O4. The smallest absolute Gasteiger partial charge is 0.272 e. The summed E-state index contributed by atoms with van der Waals surface area (Å²) in [5.74, 6) is 0.529. The number of aliphatic hydroxyl groups excluding tert-OH is 1. The number of hydrogen-bond acceptors (Lipinski definition) is 5. The normalized spacial score (nSPS) is 24.1. The number of benzene rings is 1. The van der Waals surface area contributed by atoms with Gasteiger partial charge in [-0.2, -0.15) is 0 Å². The number of nitrogens with zero attached hydrogens (tertiary/aromatic N) is 2. The quantitative estimate of drug-likeness (QED) is 0.884. The van der Waals surface area contributed by atoms with Gasteiger partial charge in [-0.25, -0.2) is 0 Å². The molecule has 0 aliphatic carbocycles. The number of carbonyl (C=O) groups is 1. The van der Waals surface area contributed by atoms with Crippen molar-refractivity contribution in [1.29, 1.82) is 0 Å². The number of carbonyl (C=O) groups excluding carboxylic acids is 1. The van der Waals surface area contributed by atoms with Gasteiger partial charge in [0.1, 0.15) is 11.4 Å². The number of amides is 1. The SMILES string of the molecule is COc1ccnc(C(=O)N2CCC3(CC2)C[C@@H](O)C[C@H](c2ccccc2)O3)c1. The molecule has 4 rings (SSSR count). The van der Waals surface area contributed by atoms with E-state index in [-0.39, 0.29) is 23.7 Å². The molecule has 1 N–H and O–H groups in total. The summed E-state index contributed by atoms with van der Waals surface area (Å²) in [5, 5.41) is 10.5. The summed E-state index contributed by atoms with van der Waals surface area (Å²) in [5.41, 5.74) is 1.11. The molecule has 2 aromatic rings. The fourth-order valence-electron chi connectivity index (χ4n) is 4.29. The summed E-state index contributed by atoms with van der Waals surface area (Å²) >= 11 is 0. The highest BCUT2D eigenvalue weighted by atomic mass is 16.5. The van der Waals surface area contributed by atoms with Crippen LogP contribution >= 0.6 is 0 Å². The van der Waals surface area contributed by atoms with Crippen molar-refractivity contribution in [3.05, 3.63) is 59.9 Å². The largest absolute Gasteiger partial charge is 0.497 e. The fraction of sp³-hybridized carbons (Fsp3) is 0.455. The molecule has 1 amide bonds. The van der Waals surface area contributed by atoms with Crippen molar-refractivity contribution in [2.75, 3.05) is 20.2 Å². The highest BCUT2D eigenvalue weighted by Crippen LogP contribution is 2.43. The lowest BCUT2D eigenvalue weighted by Gasteiger charge is -2.48. The van der Waals surface area contributed by atoms with Crippen LogP contribution in [-0.2, 0) is 4.74 Å². The molecule has 0 unspecified atom stereocenters. The van der Waals surface area contributed by atoms with Gasteiger partial charge >= 0.3 is 0 Å². The van der Waals surface area contributed by atoms with Crippen LogP contribution in [0.4, 0.5) is 0 Å². The highest BCUT2D eigenvalue weighted by Gasteiger charge is 2.44. The van der Waals surface area contributed by atoms with Crippen LogP contribution in [0, 0.1) is 0 Å². The Morgan fingerprint density at radius 1 is 1.25 bits per heavy atom. The molecule has 1 aromatic carbocycles. The molecule has 2 saturated heterocycles. The minimum Gasteiger partial charge on any atom is -0.497 e. The zero-order chi connectivity index (χ0) is 19.6. The van der Waals surface area contributed by atoms with Gasteiger partial charge in [-0.3, -0.25) is 9.78 Å². The van der Waals surface area contributed by atoms with Gasteiger partial charge < -0.3 is 19.5 Å². The monoisotopic (exact) mass is 382 g/mol. The Balaban J connectivity index is 1.44. The van der Waals surface area contributed by atoms with Crippen molar-refractivity contribution in [3.8, 4) is 5.75 Å². The zero-order valence-corrected chi connectivity index (χ0v) is 16.1. The Kier molecular flexibility index (Phi) is 5.33. The van der Waals surface area contributed by atoms with Crippen LogP contribution in [0.15, 0.2) is 48.7 Å². The summed E-state index contributed by atoms with van der Waals surface area (Å²) in [7, 11) is 1.57. The van der Waals surface area contributed by atoms with Crippen molar-refractivity contribution >= 4 is 5.91 Å². The molecule has 3 heterocycles. The lowest BCUT2D eigenvalue weighted by atomic mass is 9.81. The second-order valence-electron chi connectivity index (χ2n) is 7.67. The Labute approximate surface area is 165 Å². The Morgan fingerprint density at radius 3 is 2.71 bits per heavy atom. The Morgan fingerprint density at radius 2 is 2.00 bits per heavy atom. The number of likely N-dealkylation sites (tertiary alicyclic amines) is 1. The van der Waals surface area contributed by atoms with Crippen molar-refractivity contribution in [2.45, 2.75) is 43.5 Å². The summed E-state index contributed by atoms with van der Waals surface area (Å²) in [6.07, 6.45) is 3.75. The minimum atomic E-state index is -0.388. The lowest BCUT2D eigenvalue weighted by Crippen LogP contribution is -2.52. The van der Waals surface area contributed by atoms with Gasteiger partial charge in [0.15, 0.2) is 0 Å². The maximum Gasteiger partial charge on any atom is 0.272 e. The molecule has 148 valence electrons. The molecule has 6 heteroatoms. The second-order valence-corrected chi connectivity index (χ2v) is 7.67. The van der Waals surface area contributed by atoms with E-state index in [4.69, 9.17) is 9.47 Å². The van der Waals surface area contributed by atoms with E-state index in [1.165, 1.54) is 0 Å². The van der Waals surface area contributed by atoms with Gasteiger partial charge in [0.2, 0.25) is 0 Å². The van der Waals surface area contributed by atoms with Crippen LogP contribution in [0.25, 0.3) is 0 Å². The van der Waals surface area contributed by atoms with Crippen LogP contribution in [0.3, 0.4) is 0 Å². The maximum absolute atomic E-state index is 12.8. The third-order valence-corrected chi connectivity index (χ3v) is 5.81. The van der Waals surface area contributed by atoms with E-state index in [2.05, 4.69) is 4.98 Å².